The van der Waals surface area contributed by atoms with Crippen molar-refractivity contribution in [2.75, 3.05) is 13.7 Å². The van der Waals surface area contributed by atoms with Gasteiger partial charge in [-0.2, -0.15) is 0 Å². The summed E-state index contributed by atoms with van der Waals surface area (Å²) in [6.07, 6.45) is 2.21. The minimum Gasteiger partial charge on any atom is -0.495 e. The molecule has 5 nitrogen and oxygen atoms in total. The first-order valence-electron chi connectivity index (χ1n) is 6.26. The zero-order valence-corrected chi connectivity index (χ0v) is 13.8. The lowest BCUT2D eigenvalue weighted by Crippen LogP contribution is -2.26. The van der Waals surface area contributed by atoms with Crippen molar-refractivity contribution >= 4 is 26.0 Å². The number of nitrogens with one attached hydrogen (secondary N) is 1. The number of nitrogens with zero attached hydrogens (tertiary/aromatic N) is 1. The van der Waals surface area contributed by atoms with E-state index in [2.05, 4.69) is 25.6 Å². The van der Waals surface area contributed by atoms with Crippen molar-refractivity contribution in [2.24, 2.45) is 0 Å². The number of ether oxygens (including phenoxy) is 1. The van der Waals surface area contributed by atoms with Crippen molar-refractivity contribution in [1.29, 1.82) is 0 Å². The van der Waals surface area contributed by atoms with E-state index in [0.29, 0.717) is 16.6 Å². The van der Waals surface area contributed by atoms with E-state index in [9.17, 15) is 8.42 Å². The van der Waals surface area contributed by atoms with Gasteiger partial charge in [0.1, 0.15) is 10.6 Å². The van der Waals surface area contributed by atoms with Crippen molar-refractivity contribution in [2.45, 2.75) is 11.3 Å². The van der Waals surface area contributed by atoms with Gasteiger partial charge in [-0.05, 0) is 30.3 Å². The minimum atomic E-state index is -3.63. The largest absolute Gasteiger partial charge is 0.495 e. The van der Waals surface area contributed by atoms with Gasteiger partial charge in [-0.25, -0.2) is 13.1 Å². The highest BCUT2D eigenvalue weighted by atomic mass is 79.9. The molecule has 2 rings (SSSR count). The molecule has 2 aromatic rings. The predicted molar refractivity (Wildman–Crippen MR) is 83.8 cm³/mol. The Balaban J connectivity index is 2.10. The monoisotopic (exact) mass is 370 g/mol. The SMILES string of the molecule is COc1ccc(Br)cc1S(=O)(=O)NCCc1ccccn1. The van der Waals surface area contributed by atoms with Gasteiger partial charge in [0, 0.05) is 29.3 Å². The molecular formula is C14H15BrN2O3S. The lowest BCUT2D eigenvalue weighted by atomic mass is 10.3. The second-order valence-corrected chi connectivity index (χ2v) is 6.92. The molecule has 0 radical (unpaired) electrons. The first-order valence-corrected chi connectivity index (χ1v) is 8.53. The summed E-state index contributed by atoms with van der Waals surface area (Å²) in [6, 6.07) is 10.4. The van der Waals surface area contributed by atoms with Crippen LogP contribution in [0.15, 0.2) is 52.0 Å². The number of methoxy groups -OCH3 is 1. The number of rotatable bonds is 6. The molecule has 0 atom stereocenters. The molecule has 0 aliphatic heterocycles. The Morgan fingerprint density at radius 1 is 1.29 bits per heavy atom. The fraction of sp³-hybridized carbons (Fsp3) is 0.214. The van der Waals surface area contributed by atoms with E-state index in [1.165, 1.54) is 13.2 Å². The van der Waals surface area contributed by atoms with E-state index in [4.69, 9.17) is 4.74 Å². The third-order valence-corrected chi connectivity index (χ3v) is 4.79. The van der Waals surface area contributed by atoms with Crippen LogP contribution in [0.25, 0.3) is 0 Å². The molecule has 1 aromatic heterocycles. The highest BCUT2D eigenvalue weighted by Gasteiger charge is 2.19. The van der Waals surface area contributed by atoms with E-state index < -0.39 is 10.0 Å². The fourth-order valence-electron chi connectivity index (χ4n) is 1.80. The number of pyridine rings is 1. The smallest absolute Gasteiger partial charge is 0.244 e. The molecule has 7 heteroatoms. The van der Waals surface area contributed by atoms with Gasteiger partial charge in [-0.3, -0.25) is 4.98 Å². The average molecular weight is 371 g/mol. The maximum Gasteiger partial charge on any atom is 0.244 e. The molecule has 0 amide bonds. The maximum atomic E-state index is 12.3. The van der Waals surface area contributed by atoms with Crippen molar-refractivity contribution in [3.63, 3.8) is 0 Å². The van der Waals surface area contributed by atoms with E-state index in [0.717, 1.165) is 5.69 Å². The zero-order valence-electron chi connectivity index (χ0n) is 11.4. The molecule has 0 bridgehead atoms. The van der Waals surface area contributed by atoms with E-state index in [-0.39, 0.29) is 11.4 Å². The number of hydrogen-bond acceptors (Lipinski definition) is 4. The Bertz CT molecular complexity index is 705. The van der Waals surface area contributed by atoms with Gasteiger partial charge < -0.3 is 4.74 Å². The molecule has 0 unspecified atom stereocenters. The second kappa shape index (κ2) is 7.02. The number of halogens is 1. The first kappa shape index (κ1) is 15.9. The Morgan fingerprint density at radius 3 is 2.76 bits per heavy atom. The molecule has 21 heavy (non-hydrogen) atoms. The van der Waals surface area contributed by atoms with Crippen LogP contribution in [0.5, 0.6) is 5.75 Å². The molecule has 0 spiro atoms. The molecule has 0 fully saturated rings. The summed E-state index contributed by atoms with van der Waals surface area (Å²) >= 11 is 3.27. The van der Waals surface area contributed by atoms with Crippen molar-refractivity contribution in [1.82, 2.24) is 9.71 Å². The predicted octanol–water partition coefficient (Wildman–Crippen LogP) is 2.37. The zero-order chi connectivity index (χ0) is 15.3. The molecule has 0 saturated carbocycles. The van der Waals surface area contributed by atoms with Gasteiger partial charge in [0.25, 0.3) is 0 Å². The van der Waals surface area contributed by atoms with Crippen LogP contribution in [0.4, 0.5) is 0 Å². The second-order valence-electron chi connectivity index (χ2n) is 4.26. The van der Waals surface area contributed by atoms with Gasteiger partial charge in [0.2, 0.25) is 10.0 Å². The van der Waals surface area contributed by atoms with Crippen LogP contribution in [-0.2, 0) is 16.4 Å². The Morgan fingerprint density at radius 2 is 2.10 bits per heavy atom. The lowest BCUT2D eigenvalue weighted by Gasteiger charge is -2.11. The van der Waals surface area contributed by atoms with Crippen LogP contribution in [0.1, 0.15) is 5.69 Å². The summed E-state index contributed by atoms with van der Waals surface area (Å²) in [5.41, 5.74) is 0.835. The van der Waals surface area contributed by atoms with Crippen LogP contribution >= 0.6 is 15.9 Å². The highest BCUT2D eigenvalue weighted by Crippen LogP contribution is 2.26. The van der Waals surface area contributed by atoms with Crippen LogP contribution in [0.3, 0.4) is 0 Å². The van der Waals surface area contributed by atoms with Crippen molar-refractivity contribution in [3.05, 3.63) is 52.8 Å². The Hall–Kier alpha value is -1.44. The molecule has 0 aliphatic carbocycles. The molecule has 0 aliphatic rings. The van der Waals surface area contributed by atoms with Crippen molar-refractivity contribution in [3.8, 4) is 5.75 Å². The molecule has 112 valence electrons. The highest BCUT2D eigenvalue weighted by molar-refractivity contribution is 9.10. The number of hydrogen-bond donors (Lipinski definition) is 1. The maximum absolute atomic E-state index is 12.3. The summed E-state index contributed by atoms with van der Waals surface area (Å²) in [6.45, 7) is 0.273. The van der Waals surface area contributed by atoms with Gasteiger partial charge in [0.15, 0.2) is 0 Å². The van der Waals surface area contributed by atoms with E-state index in [1.807, 2.05) is 18.2 Å². The summed E-state index contributed by atoms with van der Waals surface area (Å²) < 4.78 is 33.0. The third-order valence-electron chi connectivity index (χ3n) is 2.81. The molecule has 0 saturated heterocycles. The number of sulfonamides is 1. The number of aromatic nitrogens is 1. The Labute approximate surface area is 132 Å². The van der Waals surface area contributed by atoms with Gasteiger partial charge in [-0.15, -0.1) is 0 Å². The lowest BCUT2D eigenvalue weighted by molar-refractivity contribution is 0.402. The summed E-state index contributed by atoms with van der Waals surface area (Å²) in [5, 5.41) is 0. The molecule has 1 N–H and O–H groups in total. The minimum absolute atomic E-state index is 0.111. The van der Waals surface area contributed by atoms with E-state index in [1.54, 1.807) is 18.3 Å². The summed E-state index contributed by atoms with van der Waals surface area (Å²) in [4.78, 5) is 4.26. The Kier molecular flexibility index (Phi) is 5.33. The van der Waals surface area contributed by atoms with Gasteiger partial charge in [-0.1, -0.05) is 22.0 Å². The topological polar surface area (TPSA) is 68.3 Å². The van der Waals surface area contributed by atoms with Crippen LogP contribution in [0, 0.1) is 0 Å². The van der Waals surface area contributed by atoms with Gasteiger partial charge >= 0.3 is 0 Å². The summed E-state index contributed by atoms with van der Waals surface area (Å²) in [7, 11) is -2.19. The fourth-order valence-corrected chi connectivity index (χ4v) is 3.54. The third kappa shape index (κ3) is 4.26. The van der Waals surface area contributed by atoms with Crippen LogP contribution in [0.2, 0.25) is 0 Å². The van der Waals surface area contributed by atoms with E-state index >= 15 is 0 Å². The van der Waals surface area contributed by atoms with Gasteiger partial charge in [0.05, 0.1) is 7.11 Å². The first-order chi connectivity index (χ1) is 10.0. The standard InChI is InChI=1S/C14H15BrN2O3S/c1-20-13-6-5-11(15)10-14(13)21(18,19)17-9-7-12-4-2-3-8-16-12/h2-6,8,10,17H,7,9H2,1H3. The average Bonchev–Trinajstić information content (AvgIpc) is 2.48. The summed E-state index contributed by atoms with van der Waals surface area (Å²) in [5.74, 6) is 0.309. The molecular weight excluding hydrogens is 356 g/mol. The normalized spacial score (nSPS) is 11.3. The van der Waals surface area contributed by atoms with Crippen LogP contribution < -0.4 is 9.46 Å². The molecule has 1 aromatic carbocycles. The van der Waals surface area contributed by atoms with Crippen molar-refractivity contribution < 1.29 is 13.2 Å². The van der Waals surface area contributed by atoms with Crippen LogP contribution in [-0.4, -0.2) is 27.1 Å². The molecule has 1 heterocycles. The quantitative estimate of drug-likeness (QED) is 0.847. The number of benzene rings is 1.